The van der Waals surface area contributed by atoms with Crippen molar-refractivity contribution in [2.75, 3.05) is 7.11 Å². The Balaban J connectivity index is 2.92. The molecule has 1 aliphatic carbocycles. The van der Waals surface area contributed by atoms with E-state index in [9.17, 15) is 9.18 Å². The van der Waals surface area contributed by atoms with E-state index >= 15 is 0 Å². The van der Waals surface area contributed by atoms with E-state index in [1.807, 2.05) is 0 Å². The molecule has 2 unspecified atom stereocenters. The topological polar surface area (TPSA) is 46.5 Å². The highest BCUT2D eigenvalue weighted by molar-refractivity contribution is 5.74. The van der Waals surface area contributed by atoms with Crippen LogP contribution in [-0.2, 0) is 9.53 Å². The minimum Gasteiger partial charge on any atom is -0.481 e. The molecule has 0 heterocycles. The van der Waals surface area contributed by atoms with Gasteiger partial charge in [0.15, 0.2) is 0 Å². The predicted molar refractivity (Wildman–Crippen MR) is 40.3 cm³/mol. The van der Waals surface area contributed by atoms with E-state index in [-0.39, 0.29) is 0 Å². The van der Waals surface area contributed by atoms with Crippen molar-refractivity contribution in [3.63, 3.8) is 0 Å². The number of methoxy groups -OCH3 is 1. The lowest BCUT2D eigenvalue weighted by molar-refractivity contribution is -0.162. The van der Waals surface area contributed by atoms with E-state index in [1.54, 1.807) is 0 Å². The van der Waals surface area contributed by atoms with Gasteiger partial charge in [-0.1, -0.05) is 18.2 Å². The largest absolute Gasteiger partial charge is 0.481 e. The molecule has 0 spiro atoms. The molecule has 0 aliphatic heterocycles. The minimum absolute atomic E-state index is 1.09. The van der Waals surface area contributed by atoms with E-state index in [1.165, 1.54) is 18.2 Å². The highest BCUT2D eigenvalue weighted by Gasteiger charge is 2.41. The third-order valence-corrected chi connectivity index (χ3v) is 1.74. The van der Waals surface area contributed by atoms with Crippen LogP contribution >= 0.6 is 0 Å². The predicted octanol–water partition coefficient (Wildman–Crippen LogP) is 1.13. The summed E-state index contributed by atoms with van der Waals surface area (Å²) in [7, 11) is 1.14. The number of hydrogen-bond acceptors (Lipinski definition) is 2. The van der Waals surface area contributed by atoms with Crippen LogP contribution in [0.25, 0.3) is 0 Å². The van der Waals surface area contributed by atoms with Crippen LogP contribution in [0.4, 0.5) is 4.39 Å². The summed E-state index contributed by atoms with van der Waals surface area (Å²) in [6, 6.07) is 0. The molecule has 1 aliphatic rings. The van der Waals surface area contributed by atoms with Gasteiger partial charge in [0.1, 0.15) is 5.92 Å². The summed E-state index contributed by atoms with van der Waals surface area (Å²) >= 11 is 0. The molecular formula is C8H9FO3. The molecule has 0 bridgehead atoms. The quantitative estimate of drug-likeness (QED) is 0.679. The summed E-state index contributed by atoms with van der Waals surface area (Å²) < 4.78 is 17.9. The molecule has 1 N–H and O–H groups in total. The maximum atomic E-state index is 13.5. The number of carbonyl (C=O) groups is 1. The zero-order valence-corrected chi connectivity index (χ0v) is 6.53. The number of carboxylic acid groups (broad SMARTS) is 1. The maximum absolute atomic E-state index is 13.5. The van der Waals surface area contributed by atoms with Crippen LogP contribution in [0.2, 0.25) is 0 Å². The number of aliphatic carboxylic acids is 1. The summed E-state index contributed by atoms with van der Waals surface area (Å²) in [5.74, 6) is -4.70. The van der Waals surface area contributed by atoms with Crippen LogP contribution in [0.15, 0.2) is 24.3 Å². The third kappa shape index (κ3) is 1.38. The standard InChI is InChI=1S/C8H9FO3/c1-12-8(9)5-3-2-4-6(8)7(10)11/h2-6H,1H3,(H,10,11). The van der Waals surface area contributed by atoms with Crippen molar-refractivity contribution in [1.82, 2.24) is 0 Å². The van der Waals surface area contributed by atoms with Gasteiger partial charge in [0.2, 0.25) is 5.85 Å². The van der Waals surface area contributed by atoms with Crippen LogP contribution in [0.1, 0.15) is 0 Å². The van der Waals surface area contributed by atoms with Gasteiger partial charge in [0.25, 0.3) is 0 Å². The molecule has 0 saturated carbocycles. The van der Waals surface area contributed by atoms with Crippen LogP contribution < -0.4 is 0 Å². The zero-order valence-electron chi connectivity index (χ0n) is 6.53. The van der Waals surface area contributed by atoms with Crippen molar-refractivity contribution in [1.29, 1.82) is 0 Å². The van der Waals surface area contributed by atoms with E-state index in [0.29, 0.717) is 0 Å². The van der Waals surface area contributed by atoms with Crippen molar-refractivity contribution in [2.24, 2.45) is 5.92 Å². The molecule has 12 heavy (non-hydrogen) atoms. The lowest BCUT2D eigenvalue weighted by atomic mass is 9.95. The zero-order chi connectivity index (χ0) is 9.19. The van der Waals surface area contributed by atoms with Gasteiger partial charge in [-0.15, -0.1) is 0 Å². The van der Waals surface area contributed by atoms with Gasteiger partial charge in [-0.05, 0) is 6.08 Å². The minimum atomic E-state index is -2.21. The fourth-order valence-electron chi connectivity index (χ4n) is 1.04. The number of rotatable bonds is 2. The van der Waals surface area contributed by atoms with E-state index in [2.05, 4.69) is 4.74 Å². The Hall–Kier alpha value is -1.16. The van der Waals surface area contributed by atoms with Gasteiger partial charge < -0.3 is 9.84 Å². The van der Waals surface area contributed by atoms with Crippen molar-refractivity contribution in [2.45, 2.75) is 5.85 Å². The smallest absolute Gasteiger partial charge is 0.316 e. The molecule has 3 nitrogen and oxygen atoms in total. The monoisotopic (exact) mass is 172 g/mol. The van der Waals surface area contributed by atoms with E-state index < -0.39 is 17.7 Å². The van der Waals surface area contributed by atoms with Gasteiger partial charge in [-0.2, -0.15) is 0 Å². The highest BCUT2D eigenvalue weighted by Crippen LogP contribution is 2.29. The second kappa shape index (κ2) is 3.06. The Morgan fingerprint density at radius 1 is 1.67 bits per heavy atom. The molecule has 2 atom stereocenters. The molecule has 4 heteroatoms. The second-order valence-corrected chi connectivity index (χ2v) is 2.46. The first-order valence-electron chi connectivity index (χ1n) is 3.43. The number of carboxylic acids is 1. The van der Waals surface area contributed by atoms with Gasteiger partial charge in [0.05, 0.1) is 0 Å². The van der Waals surface area contributed by atoms with E-state index in [0.717, 1.165) is 13.2 Å². The number of hydrogen-bond donors (Lipinski definition) is 1. The fraction of sp³-hybridized carbons (Fsp3) is 0.375. The normalized spacial score (nSPS) is 33.7. The summed E-state index contributed by atoms with van der Waals surface area (Å²) in [6.07, 6.45) is 5.25. The summed E-state index contributed by atoms with van der Waals surface area (Å²) in [5, 5.41) is 8.60. The molecule has 0 saturated heterocycles. The third-order valence-electron chi connectivity index (χ3n) is 1.74. The van der Waals surface area contributed by atoms with Crippen LogP contribution in [-0.4, -0.2) is 24.0 Å². The molecule has 0 amide bonds. The van der Waals surface area contributed by atoms with Crippen molar-refractivity contribution >= 4 is 5.97 Å². The van der Waals surface area contributed by atoms with E-state index in [4.69, 9.17) is 5.11 Å². The first-order valence-corrected chi connectivity index (χ1v) is 3.43. The van der Waals surface area contributed by atoms with Gasteiger partial charge in [-0.25, -0.2) is 4.39 Å². The number of halogens is 1. The van der Waals surface area contributed by atoms with Gasteiger partial charge in [-0.3, -0.25) is 4.79 Å². The van der Waals surface area contributed by atoms with Crippen LogP contribution in [0.3, 0.4) is 0 Å². The SMILES string of the molecule is COC1(F)C=CC=CC1C(=O)O. The van der Waals surface area contributed by atoms with Crippen molar-refractivity contribution in [3.8, 4) is 0 Å². The highest BCUT2D eigenvalue weighted by atomic mass is 19.2. The Labute approximate surface area is 69.1 Å². The molecule has 0 aromatic carbocycles. The van der Waals surface area contributed by atoms with Crippen molar-refractivity contribution < 1.29 is 19.0 Å². The summed E-state index contributed by atoms with van der Waals surface area (Å²) in [4.78, 5) is 10.5. The molecule has 0 aromatic rings. The summed E-state index contributed by atoms with van der Waals surface area (Å²) in [6.45, 7) is 0. The fourth-order valence-corrected chi connectivity index (χ4v) is 1.04. The molecular weight excluding hydrogens is 163 g/mol. The van der Waals surface area contributed by atoms with Crippen LogP contribution in [0.5, 0.6) is 0 Å². The average molecular weight is 172 g/mol. The first kappa shape index (κ1) is 8.93. The Kier molecular flexibility index (Phi) is 2.28. The molecule has 66 valence electrons. The number of alkyl halides is 1. The van der Waals surface area contributed by atoms with Gasteiger partial charge in [0, 0.05) is 7.11 Å². The molecule has 0 aromatic heterocycles. The first-order chi connectivity index (χ1) is 5.60. The van der Waals surface area contributed by atoms with Gasteiger partial charge >= 0.3 is 5.97 Å². The lowest BCUT2D eigenvalue weighted by Crippen LogP contribution is -2.38. The molecule has 0 radical (unpaired) electrons. The molecule has 0 fully saturated rings. The number of ether oxygens (including phenoxy) is 1. The molecule has 1 rings (SSSR count). The lowest BCUT2D eigenvalue weighted by Gasteiger charge is -2.26. The summed E-state index contributed by atoms with van der Waals surface area (Å²) in [5.41, 5.74) is 0. The van der Waals surface area contributed by atoms with Crippen LogP contribution in [0, 0.1) is 5.92 Å². The van der Waals surface area contributed by atoms with Crippen molar-refractivity contribution in [3.05, 3.63) is 24.3 Å². The Morgan fingerprint density at radius 3 is 2.75 bits per heavy atom. The number of allylic oxidation sites excluding steroid dienone is 2. The second-order valence-electron chi connectivity index (χ2n) is 2.46. The Morgan fingerprint density at radius 2 is 2.33 bits per heavy atom. The Bertz CT molecular complexity index is 247. The average Bonchev–Trinajstić information content (AvgIpc) is 2.05. The maximum Gasteiger partial charge on any atom is 0.316 e.